The van der Waals surface area contributed by atoms with Gasteiger partial charge in [0.2, 0.25) is 0 Å². The topological polar surface area (TPSA) is 67.2 Å². The van der Waals surface area contributed by atoms with Crippen LogP contribution in [-0.4, -0.2) is 27.0 Å². The number of anilines is 1. The van der Waals surface area contributed by atoms with Gasteiger partial charge in [-0.2, -0.15) is 5.10 Å². The summed E-state index contributed by atoms with van der Waals surface area (Å²) in [6.45, 7) is 4.71. The quantitative estimate of drug-likeness (QED) is 0.812. The van der Waals surface area contributed by atoms with Gasteiger partial charge < -0.3 is 10.4 Å². The van der Waals surface area contributed by atoms with Crippen molar-refractivity contribution >= 4 is 17.3 Å². The van der Waals surface area contributed by atoms with Gasteiger partial charge in [-0.1, -0.05) is 31.4 Å². The van der Waals surface area contributed by atoms with Crippen LogP contribution in [-0.2, 0) is 6.54 Å². The highest BCUT2D eigenvalue weighted by molar-refractivity contribution is 6.32. The molecule has 0 bridgehead atoms. The Morgan fingerprint density at radius 3 is 2.86 bits per heavy atom. The molecular weight excluding hydrogens is 290 g/mol. The monoisotopic (exact) mass is 313 g/mol. The molecule has 21 heavy (non-hydrogen) atoms. The van der Waals surface area contributed by atoms with Crippen molar-refractivity contribution in [3.05, 3.63) is 21.6 Å². The molecule has 0 aromatic carbocycles. The fourth-order valence-electron chi connectivity index (χ4n) is 2.58. The van der Waals surface area contributed by atoms with E-state index in [1.165, 1.54) is 17.3 Å². The summed E-state index contributed by atoms with van der Waals surface area (Å²) in [5.74, 6) is 0.549. The van der Waals surface area contributed by atoms with Crippen LogP contribution in [0.25, 0.3) is 0 Å². The Bertz CT molecular complexity index is 538. The van der Waals surface area contributed by atoms with Gasteiger partial charge in [-0.05, 0) is 32.1 Å². The van der Waals surface area contributed by atoms with E-state index in [4.69, 9.17) is 11.6 Å². The van der Waals surface area contributed by atoms with Gasteiger partial charge >= 0.3 is 0 Å². The molecule has 2 N–H and O–H groups in total. The molecule has 1 aliphatic rings. The van der Waals surface area contributed by atoms with Crippen molar-refractivity contribution in [2.45, 2.75) is 58.1 Å². The smallest absolute Gasteiger partial charge is 0.291 e. The average Bonchev–Trinajstić information content (AvgIpc) is 2.35. The van der Waals surface area contributed by atoms with Gasteiger partial charge in [0.05, 0.1) is 16.8 Å². The van der Waals surface area contributed by atoms with Gasteiger partial charge in [0.1, 0.15) is 5.69 Å². The van der Waals surface area contributed by atoms with Crippen LogP contribution in [0.15, 0.2) is 11.0 Å². The van der Waals surface area contributed by atoms with Crippen LogP contribution < -0.4 is 10.9 Å². The van der Waals surface area contributed by atoms with Crippen LogP contribution in [0.1, 0.15) is 46.0 Å². The second-order valence-corrected chi connectivity index (χ2v) is 6.66. The van der Waals surface area contributed by atoms with Crippen LogP contribution >= 0.6 is 11.6 Å². The highest BCUT2D eigenvalue weighted by Crippen LogP contribution is 2.27. The van der Waals surface area contributed by atoms with E-state index in [-0.39, 0.29) is 5.56 Å². The Kier molecular flexibility index (Phi) is 5.27. The highest BCUT2D eigenvalue weighted by Gasteiger charge is 2.22. The molecule has 5 nitrogen and oxygen atoms in total. The van der Waals surface area contributed by atoms with Crippen molar-refractivity contribution in [1.82, 2.24) is 9.78 Å². The first-order valence-corrected chi connectivity index (χ1v) is 8.02. The zero-order valence-corrected chi connectivity index (χ0v) is 13.5. The molecule has 2 rings (SSSR count). The van der Waals surface area contributed by atoms with Crippen LogP contribution in [0.4, 0.5) is 5.69 Å². The number of nitrogens with one attached hydrogen (secondary N) is 1. The minimum Gasteiger partial charge on any atom is -0.388 e. The van der Waals surface area contributed by atoms with Crippen molar-refractivity contribution in [1.29, 1.82) is 0 Å². The SMILES string of the molecule is CCCC(C)(O)CNc1c(Cl)cnn(CC2CCC2)c1=O. The number of hydrogen-bond donors (Lipinski definition) is 2. The van der Waals surface area contributed by atoms with Crippen molar-refractivity contribution in [3.8, 4) is 0 Å². The van der Waals surface area contributed by atoms with Crippen LogP contribution in [0.2, 0.25) is 5.02 Å². The van der Waals surface area contributed by atoms with Gasteiger partial charge in [0.25, 0.3) is 5.56 Å². The zero-order valence-electron chi connectivity index (χ0n) is 12.7. The number of rotatable bonds is 7. The zero-order chi connectivity index (χ0) is 15.5. The lowest BCUT2D eigenvalue weighted by atomic mass is 9.85. The third-order valence-electron chi connectivity index (χ3n) is 4.09. The maximum Gasteiger partial charge on any atom is 0.291 e. The third kappa shape index (κ3) is 4.20. The number of aromatic nitrogens is 2. The standard InChI is InChI=1S/C15H24ClN3O2/c1-3-7-15(2,21)10-17-13-12(16)8-18-19(14(13)20)9-11-5-4-6-11/h8,11,17,21H,3-7,9-10H2,1-2H3. The molecule has 1 aromatic heterocycles. The third-order valence-corrected chi connectivity index (χ3v) is 4.37. The number of halogens is 1. The van der Waals surface area contributed by atoms with E-state index in [1.807, 2.05) is 6.92 Å². The first-order chi connectivity index (χ1) is 9.93. The number of hydrogen-bond acceptors (Lipinski definition) is 4. The summed E-state index contributed by atoms with van der Waals surface area (Å²) in [6, 6.07) is 0. The summed E-state index contributed by atoms with van der Waals surface area (Å²) in [6.07, 6.45) is 6.59. The van der Waals surface area contributed by atoms with E-state index in [0.717, 1.165) is 19.3 Å². The Balaban J connectivity index is 2.10. The van der Waals surface area contributed by atoms with Crippen LogP contribution in [0.5, 0.6) is 0 Å². The van der Waals surface area contributed by atoms with Crippen LogP contribution in [0.3, 0.4) is 0 Å². The Morgan fingerprint density at radius 2 is 2.29 bits per heavy atom. The molecule has 1 atom stereocenters. The Morgan fingerprint density at radius 1 is 1.57 bits per heavy atom. The molecule has 118 valence electrons. The number of aliphatic hydroxyl groups is 1. The van der Waals surface area contributed by atoms with Crippen molar-refractivity contribution < 1.29 is 5.11 Å². The maximum absolute atomic E-state index is 12.4. The molecule has 0 radical (unpaired) electrons. The van der Waals surface area contributed by atoms with E-state index >= 15 is 0 Å². The molecule has 0 amide bonds. The summed E-state index contributed by atoms with van der Waals surface area (Å²) in [7, 11) is 0. The summed E-state index contributed by atoms with van der Waals surface area (Å²) in [5, 5.41) is 17.6. The van der Waals surface area contributed by atoms with Gasteiger partial charge in [0.15, 0.2) is 0 Å². The van der Waals surface area contributed by atoms with E-state index in [0.29, 0.717) is 36.1 Å². The summed E-state index contributed by atoms with van der Waals surface area (Å²) in [5.41, 5.74) is -0.726. The van der Waals surface area contributed by atoms with E-state index < -0.39 is 5.60 Å². The Labute approximate surface area is 130 Å². The van der Waals surface area contributed by atoms with Crippen molar-refractivity contribution in [2.75, 3.05) is 11.9 Å². The minimum atomic E-state index is -0.855. The normalized spacial score (nSPS) is 18.1. The maximum atomic E-state index is 12.4. The van der Waals surface area contributed by atoms with E-state index in [9.17, 15) is 9.90 Å². The molecule has 1 fully saturated rings. The molecular formula is C15H24ClN3O2. The largest absolute Gasteiger partial charge is 0.388 e. The molecule has 0 spiro atoms. The lowest BCUT2D eigenvalue weighted by Crippen LogP contribution is -2.36. The van der Waals surface area contributed by atoms with Gasteiger partial charge in [-0.25, -0.2) is 4.68 Å². The van der Waals surface area contributed by atoms with Gasteiger partial charge in [-0.3, -0.25) is 4.79 Å². The van der Waals surface area contributed by atoms with E-state index in [2.05, 4.69) is 10.4 Å². The molecule has 0 saturated heterocycles. The molecule has 1 heterocycles. The molecule has 6 heteroatoms. The first kappa shape index (κ1) is 16.3. The van der Waals surface area contributed by atoms with Crippen molar-refractivity contribution in [2.24, 2.45) is 5.92 Å². The summed E-state index contributed by atoms with van der Waals surface area (Å²) < 4.78 is 1.48. The molecule has 1 saturated carbocycles. The van der Waals surface area contributed by atoms with Gasteiger partial charge in [-0.15, -0.1) is 0 Å². The average molecular weight is 314 g/mol. The minimum absolute atomic E-state index is 0.207. The summed E-state index contributed by atoms with van der Waals surface area (Å²) >= 11 is 6.07. The predicted octanol–water partition coefficient (Wildman–Crippen LogP) is 2.66. The Hall–Kier alpha value is -1.07. The number of nitrogens with zero attached hydrogens (tertiary/aromatic N) is 2. The molecule has 1 aliphatic carbocycles. The fraction of sp³-hybridized carbons (Fsp3) is 0.733. The fourth-order valence-corrected chi connectivity index (χ4v) is 2.78. The predicted molar refractivity (Wildman–Crippen MR) is 84.9 cm³/mol. The van der Waals surface area contributed by atoms with Crippen LogP contribution in [0, 0.1) is 5.92 Å². The molecule has 1 aromatic rings. The molecule has 1 unspecified atom stereocenters. The lowest BCUT2D eigenvalue weighted by molar-refractivity contribution is 0.0636. The van der Waals surface area contributed by atoms with E-state index in [1.54, 1.807) is 6.92 Å². The lowest BCUT2D eigenvalue weighted by Gasteiger charge is -2.26. The second kappa shape index (κ2) is 6.79. The second-order valence-electron chi connectivity index (χ2n) is 6.25. The highest BCUT2D eigenvalue weighted by atomic mass is 35.5. The summed E-state index contributed by atoms with van der Waals surface area (Å²) in [4.78, 5) is 12.4. The first-order valence-electron chi connectivity index (χ1n) is 7.65. The molecule has 0 aliphatic heterocycles. The van der Waals surface area contributed by atoms with Crippen molar-refractivity contribution in [3.63, 3.8) is 0 Å². The van der Waals surface area contributed by atoms with Gasteiger partial charge in [0, 0.05) is 13.1 Å².